The molecule has 1 N–H and O–H groups in total. The number of halogens is 1. The highest BCUT2D eigenvalue weighted by atomic mass is 79.9. The molecule has 1 heterocycles. The zero-order chi connectivity index (χ0) is 13.3. The number of nitrogens with one attached hydrogen (secondary N) is 1. The van der Waals surface area contributed by atoms with Crippen molar-refractivity contribution in [2.24, 2.45) is 0 Å². The fourth-order valence-corrected chi connectivity index (χ4v) is 3.15. The van der Waals surface area contributed by atoms with Gasteiger partial charge >= 0.3 is 0 Å². The van der Waals surface area contributed by atoms with Crippen molar-refractivity contribution in [2.45, 2.75) is 31.3 Å². The first-order chi connectivity index (χ1) is 9.21. The van der Waals surface area contributed by atoms with Gasteiger partial charge in [0, 0.05) is 34.6 Å². The molecular formula is C15H16BrN3. The van der Waals surface area contributed by atoms with E-state index < -0.39 is 0 Å². The van der Waals surface area contributed by atoms with Crippen LogP contribution >= 0.6 is 15.9 Å². The quantitative estimate of drug-likeness (QED) is 0.936. The van der Waals surface area contributed by atoms with Crippen molar-refractivity contribution >= 4 is 15.9 Å². The molecule has 19 heavy (non-hydrogen) atoms. The van der Waals surface area contributed by atoms with Crippen molar-refractivity contribution in [1.29, 1.82) is 0 Å². The van der Waals surface area contributed by atoms with Crippen LogP contribution in [-0.4, -0.2) is 9.97 Å². The lowest BCUT2D eigenvalue weighted by molar-refractivity contribution is 0.442. The number of rotatable bonds is 4. The van der Waals surface area contributed by atoms with Crippen LogP contribution in [0.25, 0.3) is 0 Å². The van der Waals surface area contributed by atoms with E-state index in [4.69, 9.17) is 0 Å². The second-order valence-electron chi connectivity index (χ2n) is 5.06. The summed E-state index contributed by atoms with van der Waals surface area (Å²) in [5.41, 5.74) is 2.42. The van der Waals surface area contributed by atoms with Crippen molar-refractivity contribution < 1.29 is 0 Å². The van der Waals surface area contributed by atoms with E-state index in [-0.39, 0.29) is 11.6 Å². The van der Waals surface area contributed by atoms with Crippen LogP contribution < -0.4 is 5.32 Å². The standard InChI is InChI=1S/C15H16BrN3/c1-11(14-10-17-8-9-18-14)19-15(6-7-15)12-4-2-3-5-13(12)16/h2-5,8-11,19H,6-7H2,1H3. The fraction of sp³-hybridized carbons (Fsp3) is 0.333. The molecule has 1 aliphatic rings. The normalized spacial score (nSPS) is 18.0. The Kier molecular flexibility index (Phi) is 3.37. The summed E-state index contributed by atoms with van der Waals surface area (Å²) in [6, 6.07) is 8.63. The Morgan fingerprint density at radius 2 is 2.05 bits per heavy atom. The molecule has 3 rings (SSSR count). The lowest BCUT2D eigenvalue weighted by Crippen LogP contribution is -2.32. The second kappa shape index (κ2) is 5.02. The molecule has 0 spiro atoms. The van der Waals surface area contributed by atoms with E-state index in [1.54, 1.807) is 12.4 Å². The smallest absolute Gasteiger partial charge is 0.0753 e. The summed E-state index contributed by atoms with van der Waals surface area (Å²) in [5, 5.41) is 3.71. The Morgan fingerprint density at radius 1 is 1.26 bits per heavy atom. The average Bonchev–Trinajstić information content (AvgIpc) is 3.21. The molecule has 0 radical (unpaired) electrons. The molecule has 4 heteroatoms. The molecule has 3 nitrogen and oxygen atoms in total. The summed E-state index contributed by atoms with van der Waals surface area (Å²) in [4.78, 5) is 8.50. The van der Waals surface area contributed by atoms with Crippen molar-refractivity contribution in [2.75, 3.05) is 0 Å². The summed E-state index contributed by atoms with van der Waals surface area (Å²) in [6.45, 7) is 2.14. The van der Waals surface area contributed by atoms with Gasteiger partial charge in [-0.2, -0.15) is 0 Å². The molecule has 1 unspecified atom stereocenters. The van der Waals surface area contributed by atoms with Gasteiger partial charge in [-0.05, 0) is 31.4 Å². The summed E-state index contributed by atoms with van der Waals surface area (Å²) >= 11 is 3.65. The van der Waals surface area contributed by atoms with Gasteiger partial charge in [0.1, 0.15) is 0 Å². The molecule has 1 aromatic carbocycles. The highest BCUT2D eigenvalue weighted by Crippen LogP contribution is 2.49. The third-order valence-corrected chi connectivity index (χ3v) is 4.35. The van der Waals surface area contributed by atoms with Gasteiger partial charge in [-0.1, -0.05) is 34.1 Å². The van der Waals surface area contributed by atoms with Gasteiger partial charge < -0.3 is 0 Å². The molecule has 1 aromatic heterocycles. The summed E-state index contributed by atoms with van der Waals surface area (Å²) in [6.07, 6.45) is 7.61. The predicted molar refractivity (Wildman–Crippen MR) is 78.6 cm³/mol. The number of nitrogens with zero attached hydrogens (tertiary/aromatic N) is 2. The minimum absolute atomic E-state index is 0.0943. The van der Waals surface area contributed by atoms with Gasteiger partial charge in [-0.15, -0.1) is 0 Å². The fourth-order valence-electron chi connectivity index (χ4n) is 2.49. The van der Waals surface area contributed by atoms with E-state index in [1.165, 1.54) is 22.9 Å². The predicted octanol–water partition coefficient (Wildman–Crippen LogP) is 3.58. The van der Waals surface area contributed by atoms with Crippen molar-refractivity contribution in [3.8, 4) is 0 Å². The van der Waals surface area contributed by atoms with Gasteiger partial charge in [-0.25, -0.2) is 0 Å². The zero-order valence-corrected chi connectivity index (χ0v) is 12.4. The highest BCUT2D eigenvalue weighted by molar-refractivity contribution is 9.10. The van der Waals surface area contributed by atoms with Crippen molar-refractivity contribution in [1.82, 2.24) is 15.3 Å². The van der Waals surface area contributed by atoms with Gasteiger partial charge in [0.15, 0.2) is 0 Å². The Balaban J connectivity index is 1.82. The summed E-state index contributed by atoms with van der Waals surface area (Å²) in [7, 11) is 0. The van der Waals surface area contributed by atoms with Crippen molar-refractivity contribution in [3.63, 3.8) is 0 Å². The molecule has 0 amide bonds. The van der Waals surface area contributed by atoms with Crippen LogP contribution in [-0.2, 0) is 5.54 Å². The minimum Gasteiger partial charge on any atom is -0.299 e. The van der Waals surface area contributed by atoms with E-state index in [0.29, 0.717) is 0 Å². The molecular weight excluding hydrogens is 302 g/mol. The molecule has 1 saturated carbocycles. The average molecular weight is 318 g/mol. The molecule has 0 saturated heterocycles. The first kappa shape index (κ1) is 12.8. The van der Waals surface area contributed by atoms with Gasteiger partial charge in [0.25, 0.3) is 0 Å². The SMILES string of the molecule is CC(NC1(c2ccccc2Br)CC1)c1cnccn1. The van der Waals surface area contributed by atoms with E-state index >= 15 is 0 Å². The third kappa shape index (κ3) is 2.55. The van der Waals surface area contributed by atoms with E-state index in [9.17, 15) is 0 Å². The topological polar surface area (TPSA) is 37.8 Å². The Bertz CT molecular complexity index is 567. The molecule has 0 aliphatic heterocycles. The molecule has 1 atom stereocenters. The van der Waals surface area contributed by atoms with Crippen LogP contribution in [0.2, 0.25) is 0 Å². The second-order valence-corrected chi connectivity index (χ2v) is 5.91. The zero-order valence-electron chi connectivity index (χ0n) is 10.8. The maximum atomic E-state index is 4.37. The monoisotopic (exact) mass is 317 g/mol. The highest BCUT2D eigenvalue weighted by Gasteiger charge is 2.46. The number of hydrogen-bond donors (Lipinski definition) is 1. The van der Waals surface area contributed by atoms with Gasteiger partial charge in [-0.3, -0.25) is 15.3 Å². The van der Waals surface area contributed by atoms with Crippen LogP contribution in [0.15, 0.2) is 47.3 Å². The minimum atomic E-state index is 0.0943. The lowest BCUT2D eigenvalue weighted by atomic mass is 10.0. The maximum absolute atomic E-state index is 4.37. The molecule has 1 aliphatic carbocycles. The largest absolute Gasteiger partial charge is 0.299 e. The number of aromatic nitrogens is 2. The molecule has 2 aromatic rings. The number of hydrogen-bond acceptors (Lipinski definition) is 3. The summed E-state index contributed by atoms with van der Waals surface area (Å²) < 4.78 is 1.17. The van der Waals surface area contributed by atoms with Crippen LogP contribution in [0.4, 0.5) is 0 Å². The molecule has 98 valence electrons. The maximum Gasteiger partial charge on any atom is 0.0753 e. The van der Waals surface area contributed by atoms with Gasteiger partial charge in [0.2, 0.25) is 0 Å². The molecule has 0 bridgehead atoms. The van der Waals surface area contributed by atoms with Crippen molar-refractivity contribution in [3.05, 3.63) is 58.6 Å². The van der Waals surface area contributed by atoms with Crippen LogP contribution in [0.3, 0.4) is 0 Å². The Hall–Kier alpha value is -1.26. The van der Waals surface area contributed by atoms with Crippen LogP contribution in [0.5, 0.6) is 0 Å². The third-order valence-electron chi connectivity index (χ3n) is 3.66. The molecule has 1 fully saturated rings. The number of benzene rings is 1. The first-order valence-electron chi connectivity index (χ1n) is 6.50. The van der Waals surface area contributed by atoms with E-state index in [2.05, 4.69) is 62.4 Å². The van der Waals surface area contributed by atoms with E-state index in [1.807, 2.05) is 6.20 Å². The van der Waals surface area contributed by atoms with Gasteiger partial charge in [0.05, 0.1) is 5.69 Å². The lowest BCUT2D eigenvalue weighted by Gasteiger charge is -2.23. The summed E-state index contributed by atoms with van der Waals surface area (Å²) in [5.74, 6) is 0. The van der Waals surface area contributed by atoms with Crippen LogP contribution in [0.1, 0.15) is 37.1 Å². The first-order valence-corrected chi connectivity index (χ1v) is 7.29. The Morgan fingerprint density at radius 3 is 2.68 bits per heavy atom. The van der Waals surface area contributed by atoms with Crippen LogP contribution in [0, 0.1) is 0 Å². The Labute approximate surface area is 121 Å². The van der Waals surface area contributed by atoms with E-state index in [0.717, 1.165) is 5.69 Å².